The lowest BCUT2D eigenvalue weighted by molar-refractivity contribution is -0.237. The molecule has 0 amide bonds. The van der Waals surface area contributed by atoms with Crippen LogP contribution in [0.1, 0.15) is 75.8 Å². The summed E-state index contributed by atoms with van der Waals surface area (Å²) in [5.74, 6) is 2.04. The zero-order valence-electron chi connectivity index (χ0n) is 18.9. The van der Waals surface area contributed by atoms with Crippen molar-refractivity contribution in [3.8, 4) is 5.75 Å². The number of ether oxygens (including phenoxy) is 3. The Bertz CT molecular complexity index is 829. The van der Waals surface area contributed by atoms with Gasteiger partial charge in [0.05, 0.1) is 19.8 Å². The summed E-state index contributed by atoms with van der Waals surface area (Å²) in [7, 11) is 0. The first-order chi connectivity index (χ1) is 15.0. The van der Waals surface area contributed by atoms with E-state index in [9.17, 15) is 9.90 Å². The normalized spacial score (nSPS) is 35.4. The maximum absolute atomic E-state index is 11.9. The highest BCUT2D eigenvalue weighted by molar-refractivity contribution is 5.69. The second-order valence-corrected chi connectivity index (χ2v) is 10.3. The fourth-order valence-electron chi connectivity index (χ4n) is 7.76. The number of carbonyl (C=O) groups excluding carboxylic acids is 1. The van der Waals surface area contributed by atoms with Gasteiger partial charge in [0.1, 0.15) is 5.75 Å². The Hall–Kier alpha value is -1.59. The summed E-state index contributed by atoms with van der Waals surface area (Å²) in [4.78, 5) is 11.9. The Kier molecular flexibility index (Phi) is 5.54. The molecular weight excluding hydrogens is 392 g/mol. The third-order valence-electron chi connectivity index (χ3n) is 8.89. The van der Waals surface area contributed by atoms with Crippen LogP contribution in [0.2, 0.25) is 0 Å². The number of hydrogen-bond donors (Lipinski definition) is 1. The summed E-state index contributed by atoms with van der Waals surface area (Å²) in [6.07, 6.45) is 7.79. The standard InChI is InChI=1S/C26H36O5/c1-3-29-23(28)6-4-5-18-16-26(30-13-14-31-26)25(2)12-11-21-20-10-8-19(27)15-17(20)7-9-22(21)24(18)25/h8,10,15,18,21-22,24,27H,3-7,9,11-14,16H2,1-2H3. The maximum atomic E-state index is 11.9. The molecule has 5 nitrogen and oxygen atoms in total. The molecule has 0 aromatic heterocycles. The van der Waals surface area contributed by atoms with E-state index in [1.54, 1.807) is 0 Å². The van der Waals surface area contributed by atoms with Crippen molar-refractivity contribution in [1.29, 1.82) is 0 Å². The Balaban J connectivity index is 1.42. The van der Waals surface area contributed by atoms with Crippen LogP contribution in [0.5, 0.6) is 5.75 Å². The molecule has 0 radical (unpaired) electrons. The lowest BCUT2D eigenvalue weighted by Gasteiger charge is -2.53. The van der Waals surface area contributed by atoms with E-state index in [1.165, 1.54) is 11.1 Å². The molecular formula is C26H36O5. The summed E-state index contributed by atoms with van der Waals surface area (Å²) in [5, 5.41) is 9.97. The molecule has 5 unspecified atom stereocenters. The highest BCUT2D eigenvalue weighted by Crippen LogP contribution is 2.68. The van der Waals surface area contributed by atoms with Crippen molar-refractivity contribution in [2.45, 2.75) is 76.9 Å². The van der Waals surface area contributed by atoms with Gasteiger partial charge >= 0.3 is 5.97 Å². The SMILES string of the molecule is CCOC(=O)CCCC1CC2(OCCO2)C2(C)CCC3c4ccc(O)cc4CCC3C12. The molecule has 5 heteroatoms. The van der Waals surface area contributed by atoms with Crippen LogP contribution < -0.4 is 0 Å². The zero-order chi connectivity index (χ0) is 21.6. The predicted octanol–water partition coefficient (Wildman–Crippen LogP) is 4.95. The van der Waals surface area contributed by atoms with E-state index in [0.717, 1.165) is 44.9 Å². The van der Waals surface area contributed by atoms with Crippen molar-refractivity contribution in [2.24, 2.45) is 23.2 Å². The Labute approximate surface area is 185 Å². The number of benzene rings is 1. The number of esters is 1. The lowest BCUT2D eigenvalue weighted by Crippen LogP contribution is -2.51. The largest absolute Gasteiger partial charge is 0.508 e. The number of phenols is 1. The fraction of sp³-hybridized carbons (Fsp3) is 0.731. The van der Waals surface area contributed by atoms with Gasteiger partial charge in [0, 0.05) is 18.3 Å². The summed E-state index contributed by atoms with van der Waals surface area (Å²) in [5.41, 5.74) is 2.79. The van der Waals surface area contributed by atoms with Gasteiger partial charge in [-0.1, -0.05) is 13.0 Å². The third-order valence-corrected chi connectivity index (χ3v) is 8.89. The van der Waals surface area contributed by atoms with Crippen LogP contribution in [0.4, 0.5) is 0 Å². The molecule has 31 heavy (non-hydrogen) atoms. The Morgan fingerprint density at radius 1 is 1.26 bits per heavy atom. The number of hydrogen-bond acceptors (Lipinski definition) is 5. The zero-order valence-corrected chi connectivity index (χ0v) is 18.9. The quantitative estimate of drug-likeness (QED) is 0.672. The molecule has 1 N–H and O–H groups in total. The molecule has 5 atom stereocenters. The van der Waals surface area contributed by atoms with E-state index in [4.69, 9.17) is 14.2 Å². The average molecular weight is 429 g/mol. The van der Waals surface area contributed by atoms with Gasteiger partial charge < -0.3 is 19.3 Å². The van der Waals surface area contributed by atoms with E-state index in [0.29, 0.717) is 55.7 Å². The predicted molar refractivity (Wildman–Crippen MR) is 117 cm³/mol. The van der Waals surface area contributed by atoms with Crippen LogP contribution >= 0.6 is 0 Å². The molecule has 1 aliphatic heterocycles. The van der Waals surface area contributed by atoms with Crippen molar-refractivity contribution in [3.05, 3.63) is 29.3 Å². The van der Waals surface area contributed by atoms with Crippen molar-refractivity contribution in [1.82, 2.24) is 0 Å². The minimum absolute atomic E-state index is 0.0215. The first kappa shape index (κ1) is 21.3. The summed E-state index contributed by atoms with van der Waals surface area (Å²) in [6, 6.07) is 5.98. The van der Waals surface area contributed by atoms with Crippen LogP contribution in [0, 0.1) is 23.2 Å². The van der Waals surface area contributed by atoms with E-state index in [2.05, 4.69) is 13.0 Å². The molecule has 1 aromatic carbocycles. The monoisotopic (exact) mass is 428 g/mol. The van der Waals surface area contributed by atoms with Gasteiger partial charge in [0.2, 0.25) is 0 Å². The molecule has 170 valence electrons. The van der Waals surface area contributed by atoms with Gasteiger partial charge in [-0.15, -0.1) is 0 Å². The molecule has 1 heterocycles. The van der Waals surface area contributed by atoms with E-state index in [1.807, 2.05) is 19.1 Å². The van der Waals surface area contributed by atoms with Gasteiger partial charge in [-0.25, -0.2) is 0 Å². The highest BCUT2D eigenvalue weighted by atomic mass is 16.7. The molecule has 1 spiro atoms. The molecule has 1 saturated heterocycles. The topological polar surface area (TPSA) is 65.0 Å². The van der Waals surface area contributed by atoms with Crippen LogP contribution in [0.25, 0.3) is 0 Å². The Morgan fingerprint density at radius 3 is 2.84 bits per heavy atom. The van der Waals surface area contributed by atoms with Gasteiger partial charge in [0.25, 0.3) is 0 Å². The summed E-state index contributed by atoms with van der Waals surface area (Å²) >= 11 is 0. The summed E-state index contributed by atoms with van der Waals surface area (Å²) in [6.45, 7) is 6.10. The summed E-state index contributed by atoms with van der Waals surface area (Å²) < 4.78 is 17.9. The smallest absolute Gasteiger partial charge is 0.305 e. The average Bonchev–Trinajstić information content (AvgIpc) is 3.32. The number of aromatic hydroxyl groups is 1. The second kappa shape index (κ2) is 8.08. The molecule has 4 aliphatic rings. The number of aryl methyl sites for hydroxylation is 1. The van der Waals surface area contributed by atoms with Crippen LogP contribution in [-0.2, 0) is 25.4 Å². The van der Waals surface area contributed by atoms with E-state index < -0.39 is 5.79 Å². The van der Waals surface area contributed by atoms with Gasteiger partial charge in [-0.3, -0.25) is 4.79 Å². The number of rotatable bonds is 5. The maximum Gasteiger partial charge on any atom is 0.305 e. The third kappa shape index (κ3) is 3.39. The first-order valence-electron chi connectivity index (χ1n) is 12.2. The molecule has 1 aromatic rings. The second-order valence-electron chi connectivity index (χ2n) is 10.3. The van der Waals surface area contributed by atoms with Crippen LogP contribution in [0.3, 0.4) is 0 Å². The van der Waals surface area contributed by atoms with Crippen LogP contribution in [0.15, 0.2) is 18.2 Å². The van der Waals surface area contributed by atoms with Gasteiger partial charge in [0.15, 0.2) is 5.79 Å². The van der Waals surface area contributed by atoms with Gasteiger partial charge in [-0.2, -0.15) is 0 Å². The van der Waals surface area contributed by atoms with Crippen molar-refractivity contribution in [3.63, 3.8) is 0 Å². The van der Waals surface area contributed by atoms with E-state index in [-0.39, 0.29) is 11.4 Å². The Morgan fingerprint density at radius 2 is 2.06 bits per heavy atom. The van der Waals surface area contributed by atoms with Crippen molar-refractivity contribution < 1.29 is 24.1 Å². The number of phenolic OH excluding ortho intramolecular Hbond substituents is 1. The van der Waals surface area contributed by atoms with E-state index >= 15 is 0 Å². The number of fused-ring (bicyclic) bond motifs is 6. The minimum Gasteiger partial charge on any atom is -0.508 e. The van der Waals surface area contributed by atoms with Crippen LogP contribution in [-0.4, -0.2) is 36.7 Å². The molecule has 2 saturated carbocycles. The molecule has 3 fully saturated rings. The first-order valence-corrected chi connectivity index (χ1v) is 12.2. The molecule has 5 rings (SSSR count). The highest BCUT2D eigenvalue weighted by Gasteiger charge is 2.68. The van der Waals surface area contributed by atoms with Gasteiger partial charge in [-0.05, 0) is 92.4 Å². The molecule has 0 bridgehead atoms. The fourth-order valence-corrected chi connectivity index (χ4v) is 7.76. The van der Waals surface area contributed by atoms with Crippen molar-refractivity contribution >= 4 is 5.97 Å². The van der Waals surface area contributed by atoms with Crippen molar-refractivity contribution in [2.75, 3.05) is 19.8 Å². The minimum atomic E-state index is -0.452. The lowest BCUT2D eigenvalue weighted by atomic mass is 9.53. The number of carbonyl (C=O) groups is 1. The molecule has 3 aliphatic carbocycles.